The average molecular weight is 298 g/mol. The van der Waals surface area contributed by atoms with Crippen molar-refractivity contribution in [1.29, 1.82) is 0 Å². The molecule has 1 aromatic carbocycles. The summed E-state index contributed by atoms with van der Waals surface area (Å²) >= 11 is 1.02. The molecule has 1 heterocycles. The van der Waals surface area contributed by atoms with Gasteiger partial charge in [0.2, 0.25) is 0 Å². The smallest absolute Gasteiger partial charge is 0.337 e. The number of nitrogens with one attached hydrogen (secondary N) is 1. The number of para-hydroxylation sites is 1. The monoisotopic (exact) mass is 298 g/mol. The summed E-state index contributed by atoms with van der Waals surface area (Å²) in [7, 11) is -3.81. The lowest BCUT2D eigenvalue weighted by Crippen LogP contribution is -2.14. The summed E-state index contributed by atoms with van der Waals surface area (Å²) < 4.78 is 26.4. The molecular formula is C11H10N2O4S2. The second kappa shape index (κ2) is 4.98. The number of sulfonamides is 1. The third-order valence-corrected chi connectivity index (χ3v) is 5.01. The van der Waals surface area contributed by atoms with Crippen LogP contribution in [-0.4, -0.2) is 24.5 Å². The summed E-state index contributed by atoms with van der Waals surface area (Å²) in [5.74, 6) is -1.20. The first-order valence-electron chi connectivity index (χ1n) is 5.18. The number of hydrogen-bond donors (Lipinski definition) is 2. The molecule has 0 aliphatic carbocycles. The molecule has 0 saturated heterocycles. The molecular weight excluding hydrogens is 288 g/mol. The average Bonchev–Trinajstić information content (AvgIpc) is 2.76. The van der Waals surface area contributed by atoms with Crippen LogP contribution in [0.1, 0.15) is 15.4 Å². The van der Waals surface area contributed by atoms with Crippen LogP contribution in [0.15, 0.2) is 34.7 Å². The normalized spacial score (nSPS) is 11.2. The molecule has 0 aliphatic rings. The number of benzene rings is 1. The Balaban J connectivity index is 2.39. The van der Waals surface area contributed by atoms with Crippen molar-refractivity contribution in [3.8, 4) is 0 Å². The summed E-state index contributed by atoms with van der Waals surface area (Å²) in [6.07, 6.45) is 1.24. The van der Waals surface area contributed by atoms with Crippen molar-refractivity contribution in [3.05, 3.63) is 41.0 Å². The Labute approximate surface area is 113 Å². The molecule has 0 aliphatic heterocycles. The van der Waals surface area contributed by atoms with Crippen molar-refractivity contribution < 1.29 is 18.3 Å². The molecule has 0 atom stereocenters. The zero-order chi connectivity index (χ0) is 14.0. The van der Waals surface area contributed by atoms with E-state index in [1.807, 2.05) is 0 Å². The van der Waals surface area contributed by atoms with Gasteiger partial charge in [0.1, 0.15) is 0 Å². The van der Waals surface area contributed by atoms with Crippen LogP contribution in [0.4, 0.5) is 5.69 Å². The van der Waals surface area contributed by atoms with Gasteiger partial charge in [0.05, 0.1) is 22.5 Å². The third kappa shape index (κ3) is 2.91. The van der Waals surface area contributed by atoms with Gasteiger partial charge < -0.3 is 5.11 Å². The number of carbonyl (C=O) groups is 1. The van der Waals surface area contributed by atoms with Gasteiger partial charge in [-0.25, -0.2) is 18.2 Å². The van der Waals surface area contributed by atoms with Gasteiger partial charge in [-0.1, -0.05) is 12.1 Å². The SMILES string of the molecule is Cc1ncc(S(=O)(=O)Nc2ccccc2C(=O)O)s1. The molecule has 8 heteroatoms. The van der Waals surface area contributed by atoms with Crippen LogP contribution in [0.2, 0.25) is 0 Å². The van der Waals surface area contributed by atoms with E-state index in [4.69, 9.17) is 5.11 Å². The number of rotatable bonds is 4. The van der Waals surface area contributed by atoms with Gasteiger partial charge in [-0.2, -0.15) is 0 Å². The van der Waals surface area contributed by atoms with E-state index in [2.05, 4.69) is 9.71 Å². The number of anilines is 1. The predicted octanol–water partition coefficient (Wildman–Crippen LogP) is 1.95. The van der Waals surface area contributed by atoms with E-state index in [0.29, 0.717) is 5.01 Å². The summed E-state index contributed by atoms with van der Waals surface area (Å²) in [6, 6.07) is 5.81. The van der Waals surface area contributed by atoms with Gasteiger partial charge >= 0.3 is 5.97 Å². The summed E-state index contributed by atoms with van der Waals surface area (Å²) in [5, 5.41) is 9.61. The molecule has 0 unspecified atom stereocenters. The lowest BCUT2D eigenvalue weighted by molar-refractivity contribution is 0.0698. The largest absolute Gasteiger partial charge is 0.478 e. The Kier molecular flexibility index (Phi) is 3.54. The van der Waals surface area contributed by atoms with E-state index in [1.165, 1.54) is 24.4 Å². The molecule has 0 saturated carbocycles. The van der Waals surface area contributed by atoms with Gasteiger partial charge in [-0.15, -0.1) is 11.3 Å². The second-order valence-electron chi connectivity index (χ2n) is 3.65. The molecule has 0 amide bonds. The number of aromatic nitrogens is 1. The molecule has 2 aromatic rings. The van der Waals surface area contributed by atoms with E-state index in [0.717, 1.165) is 11.3 Å². The Morgan fingerprint density at radius 3 is 2.63 bits per heavy atom. The fourth-order valence-electron chi connectivity index (χ4n) is 1.42. The first-order valence-corrected chi connectivity index (χ1v) is 7.48. The minimum absolute atomic E-state index is 0.0288. The van der Waals surface area contributed by atoms with Crippen LogP contribution in [0.3, 0.4) is 0 Å². The first-order chi connectivity index (χ1) is 8.90. The summed E-state index contributed by atoms with van der Waals surface area (Å²) in [6.45, 7) is 1.69. The van der Waals surface area contributed by atoms with E-state index in [9.17, 15) is 13.2 Å². The van der Waals surface area contributed by atoms with Crippen LogP contribution in [0.5, 0.6) is 0 Å². The molecule has 0 spiro atoms. The van der Waals surface area contributed by atoms with Crippen LogP contribution in [-0.2, 0) is 10.0 Å². The highest BCUT2D eigenvalue weighted by Gasteiger charge is 2.20. The lowest BCUT2D eigenvalue weighted by atomic mass is 10.2. The number of carboxylic acid groups (broad SMARTS) is 1. The molecule has 1 aromatic heterocycles. The van der Waals surface area contributed by atoms with E-state index < -0.39 is 16.0 Å². The van der Waals surface area contributed by atoms with Crippen molar-refractivity contribution >= 4 is 33.0 Å². The molecule has 6 nitrogen and oxygen atoms in total. The van der Waals surface area contributed by atoms with Crippen molar-refractivity contribution in [1.82, 2.24) is 4.98 Å². The predicted molar refractivity (Wildman–Crippen MR) is 71.1 cm³/mol. The maximum Gasteiger partial charge on any atom is 0.337 e. The number of nitrogens with zero attached hydrogens (tertiary/aromatic N) is 1. The highest BCUT2D eigenvalue weighted by Crippen LogP contribution is 2.23. The van der Waals surface area contributed by atoms with Gasteiger partial charge in [-0.05, 0) is 19.1 Å². The number of hydrogen-bond acceptors (Lipinski definition) is 5. The molecule has 0 radical (unpaired) electrons. The molecule has 2 N–H and O–H groups in total. The quantitative estimate of drug-likeness (QED) is 0.899. The summed E-state index contributed by atoms with van der Waals surface area (Å²) in [5.41, 5.74) is -0.0756. The van der Waals surface area contributed by atoms with Crippen molar-refractivity contribution in [2.45, 2.75) is 11.1 Å². The third-order valence-electron chi connectivity index (χ3n) is 2.27. The van der Waals surface area contributed by atoms with Crippen LogP contribution < -0.4 is 4.72 Å². The fourth-order valence-corrected chi connectivity index (χ4v) is 3.61. The Bertz CT molecular complexity index is 722. The molecule has 19 heavy (non-hydrogen) atoms. The van der Waals surface area contributed by atoms with Gasteiger partial charge in [-0.3, -0.25) is 4.72 Å². The highest BCUT2D eigenvalue weighted by molar-refractivity contribution is 7.94. The number of carboxylic acids is 1. The fraction of sp³-hybridized carbons (Fsp3) is 0.0909. The van der Waals surface area contributed by atoms with Crippen molar-refractivity contribution in [3.63, 3.8) is 0 Å². The van der Waals surface area contributed by atoms with E-state index >= 15 is 0 Å². The van der Waals surface area contributed by atoms with E-state index in [-0.39, 0.29) is 15.5 Å². The number of thiazole rings is 1. The number of aryl methyl sites for hydroxylation is 1. The van der Waals surface area contributed by atoms with Gasteiger partial charge in [0.25, 0.3) is 10.0 Å². The zero-order valence-electron chi connectivity index (χ0n) is 9.82. The molecule has 0 bridgehead atoms. The standard InChI is InChI=1S/C11H10N2O4S2/c1-7-12-6-10(18-7)19(16,17)13-9-5-3-2-4-8(9)11(14)15/h2-6,13H,1H3,(H,14,15). The van der Waals surface area contributed by atoms with Gasteiger partial charge in [0.15, 0.2) is 4.21 Å². The highest BCUT2D eigenvalue weighted by atomic mass is 32.2. The topological polar surface area (TPSA) is 96.4 Å². The minimum atomic E-state index is -3.81. The Hall–Kier alpha value is -1.93. The Morgan fingerprint density at radius 2 is 2.05 bits per heavy atom. The molecule has 100 valence electrons. The van der Waals surface area contributed by atoms with Crippen LogP contribution >= 0.6 is 11.3 Å². The van der Waals surface area contributed by atoms with Crippen molar-refractivity contribution in [2.24, 2.45) is 0 Å². The molecule has 2 rings (SSSR count). The van der Waals surface area contributed by atoms with Crippen molar-refractivity contribution in [2.75, 3.05) is 4.72 Å². The second-order valence-corrected chi connectivity index (χ2v) is 6.80. The maximum absolute atomic E-state index is 12.1. The zero-order valence-corrected chi connectivity index (χ0v) is 11.5. The lowest BCUT2D eigenvalue weighted by Gasteiger charge is -2.08. The van der Waals surface area contributed by atoms with Crippen LogP contribution in [0, 0.1) is 6.92 Å². The Morgan fingerprint density at radius 1 is 1.37 bits per heavy atom. The maximum atomic E-state index is 12.1. The number of aromatic carboxylic acids is 1. The van der Waals surface area contributed by atoms with Crippen LogP contribution in [0.25, 0.3) is 0 Å². The molecule has 0 fully saturated rings. The minimum Gasteiger partial charge on any atom is -0.478 e. The van der Waals surface area contributed by atoms with Gasteiger partial charge in [0, 0.05) is 0 Å². The first kappa shape index (κ1) is 13.5. The van der Waals surface area contributed by atoms with E-state index in [1.54, 1.807) is 13.0 Å². The summed E-state index contributed by atoms with van der Waals surface area (Å²) in [4.78, 5) is 14.9.